The van der Waals surface area contributed by atoms with E-state index in [4.69, 9.17) is 14.7 Å². The number of carbonyl (C=O) groups excluding carboxylic acids is 1. The molecule has 7 nitrogen and oxygen atoms in total. The van der Waals surface area contributed by atoms with E-state index < -0.39 is 27.7 Å². The lowest BCUT2D eigenvalue weighted by molar-refractivity contribution is -0.150. The summed E-state index contributed by atoms with van der Waals surface area (Å²) in [5, 5.41) is 8.77. The fourth-order valence-corrected chi connectivity index (χ4v) is 4.68. The topological polar surface area (TPSA) is 96.7 Å². The smallest absolute Gasteiger partial charge is 0.310 e. The maximum Gasteiger partial charge on any atom is 0.310 e. The first-order valence-corrected chi connectivity index (χ1v) is 10.9. The van der Waals surface area contributed by atoms with Crippen molar-refractivity contribution in [3.8, 4) is 11.8 Å². The fourth-order valence-electron chi connectivity index (χ4n) is 3.15. The lowest BCUT2D eigenvalue weighted by Gasteiger charge is -2.30. The maximum absolute atomic E-state index is 13.1. The maximum atomic E-state index is 13.1. The molecular weight excluding hydrogens is 411 g/mol. The predicted molar refractivity (Wildman–Crippen MR) is 105 cm³/mol. The van der Waals surface area contributed by atoms with E-state index in [1.165, 1.54) is 16.4 Å². The van der Waals surface area contributed by atoms with Crippen LogP contribution in [-0.4, -0.2) is 45.0 Å². The third kappa shape index (κ3) is 5.34. The number of rotatable bonds is 7. The molecule has 1 fully saturated rings. The highest BCUT2D eigenvalue weighted by atomic mass is 32.2. The molecule has 2 aromatic carbocycles. The van der Waals surface area contributed by atoms with Crippen molar-refractivity contribution in [2.45, 2.75) is 17.7 Å². The summed E-state index contributed by atoms with van der Waals surface area (Å²) in [6.07, 6.45) is 1.06. The molecular formula is C21H21FN2O5S. The number of piperidine rings is 1. The number of halogens is 1. The van der Waals surface area contributed by atoms with E-state index in [0.717, 1.165) is 12.1 Å². The zero-order valence-corrected chi connectivity index (χ0v) is 17.0. The molecule has 0 aliphatic carbocycles. The van der Waals surface area contributed by atoms with Gasteiger partial charge in [-0.25, -0.2) is 12.8 Å². The number of nitrogens with zero attached hydrogens (tertiary/aromatic N) is 2. The summed E-state index contributed by atoms with van der Waals surface area (Å²) < 4.78 is 50.5. The van der Waals surface area contributed by atoms with Gasteiger partial charge in [-0.1, -0.05) is 0 Å². The molecule has 0 radical (unpaired) electrons. The Bertz CT molecular complexity index is 1020. The highest BCUT2D eigenvalue weighted by Crippen LogP contribution is 2.24. The first kappa shape index (κ1) is 21.7. The molecule has 1 aliphatic rings. The van der Waals surface area contributed by atoms with E-state index in [9.17, 15) is 17.6 Å². The van der Waals surface area contributed by atoms with Gasteiger partial charge in [0.2, 0.25) is 10.0 Å². The van der Waals surface area contributed by atoms with Crippen LogP contribution in [0.25, 0.3) is 0 Å². The van der Waals surface area contributed by atoms with Gasteiger partial charge in [0, 0.05) is 13.1 Å². The largest absolute Gasteiger partial charge is 0.490 e. The third-order valence-electron chi connectivity index (χ3n) is 4.75. The van der Waals surface area contributed by atoms with Crippen LogP contribution in [0.2, 0.25) is 0 Å². The van der Waals surface area contributed by atoms with E-state index in [0.29, 0.717) is 30.7 Å². The molecule has 2 aromatic rings. The van der Waals surface area contributed by atoms with E-state index in [1.54, 1.807) is 24.3 Å². The number of nitriles is 1. The van der Waals surface area contributed by atoms with Gasteiger partial charge in [0.25, 0.3) is 0 Å². The van der Waals surface area contributed by atoms with Crippen LogP contribution in [0.15, 0.2) is 53.4 Å². The average molecular weight is 432 g/mol. The Morgan fingerprint density at radius 3 is 2.50 bits per heavy atom. The number of hydrogen-bond donors (Lipinski definition) is 0. The summed E-state index contributed by atoms with van der Waals surface area (Å²) in [5.41, 5.74) is 0.520. The van der Waals surface area contributed by atoms with Crippen molar-refractivity contribution in [3.05, 3.63) is 59.9 Å². The molecule has 1 saturated heterocycles. The molecule has 1 aliphatic heterocycles. The second-order valence-electron chi connectivity index (χ2n) is 6.81. The predicted octanol–water partition coefficient (Wildman–Crippen LogP) is 2.72. The van der Waals surface area contributed by atoms with Gasteiger partial charge < -0.3 is 9.47 Å². The zero-order chi connectivity index (χ0) is 21.6. The molecule has 0 N–H and O–H groups in total. The van der Waals surface area contributed by atoms with Crippen LogP contribution in [-0.2, 0) is 19.6 Å². The van der Waals surface area contributed by atoms with Crippen molar-refractivity contribution < 1.29 is 27.1 Å². The number of carbonyl (C=O) groups is 1. The van der Waals surface area contributed by atoms with E-state index in [-0.39, 0.29) is 24.7 Å². The Balaban J connectivity index is 1.50. The number of esters is 1. The highest BCUT2D eigenvalue weighted by Gasteiger charge is 2.34. The SMILES string of the molecule is N#Cc1ccc(OCCOC(=O)[C@H]2CCCN(S(=O)(=O)c3ccc(F)cc3)C2)cc1. The van der Waals surface area contributed by atoms with Gasteiger partial charge >= 0.3 is 5.97 Å². The number of hydrogen-bond acceptors (Lipinski definition) is 6. The van der Waals surface area contributed by atoms with Gasteiger partial charge in [-0.15, -0.1) is 0 Å². The van der Waals surface area contributed by atoms with Crippen LogP contribution in [0, 0.1) is 23.1 Å². The van der Waals surface area contributed by atoms with Crippen molar-refractivity contribution in [2.24, 2.45) is 5.92 Å². The summed E-state index contributed by atoms with van der Waals surface area (Å²) in [6.45, 7) is 0.488. The Labute approximate surface area is 174 Å². The zero-order valence-electron chi connectivity index (χ0n) is 16.2. The summed E-state index contributed by atoms with van der Waals surface area (Å²) in [5.74, 6) is -1.00. The molecule has 30 heavy (non-hydrogen) atoms. The molecule has 1 atom stereocenters. The summed E-state index contributed by atoms with van der Waals surface area (Å²) in [7, 11) is -3.80. The quantitative estimate of drug-likeness (QED) is 0.493. The van der Waals surface area contributed by atoms with Crippen molar-refractivity contribution in [3.63, 3.8) is 0 Å². The molecule has 0 amide bonds. The van der Waals surface area contributed by atoms with Crippen LogP contribution < -0.4 is 4.74 Å². The molecule has 9 heteroatoms. The first-order valence-electron chi connectivity index (χ1n) is 9.45. The molecule has 0 aromatic heterocycles. The Morgan fingerprint density at radius 1 is 1.13 bits per heavy atom. The fraction of sp³-hybridized carbons (Fsp3) is 0.333. The molecule has 158 valence electrons. The minimum Gasteiger partial charge on any atom is -0.490 e. The van der Waals surface area contributed by atoms with Crippen molar-refractivity contribution in [1.29, 1.82) is 5.26 Å². The Kier molecular flexibility index (Phi) is 7.03. The van der Waals surface area contributed by atoms with Crippen LogP contribution in [0.3, 0.4) is 0 Å². The summed E-state index contributed by atoms with van der Waals surface area (Å²) >= 11 is 0. The van der Waals surface area contributed by atoms with E-state index in [1.807, 2.05) is 6.07 Å². The lowest BCUT2D eigenvalue weighted by Crippen LogP contribution is -2.42. The van der Waals surface area contributed by atoms with Crippen molar-refractivity contribution in [1.82, 2.24) is 4.31 Å². The monoisotopic (exact) mass is 432 g/mol. The minimum absolute atomic E-state index is 0.00580. The van der Waals surface area contributed by atoms with Gasteiger partial charge in [-0.05, 0) is 61.4 Å². The standard InChI is InChI=1S/C21H21FN2O5S/c22-18-5-9-20(10-6-18)30(26,27)24-11-1-2-17(15-24)21(25)29-13-12-28-19-7-3-16(14-23)4-8-19/h3-10,17H,1-2,11-13,15H2/t17-/m0/s1. The van der Waals surface area contributed by atoms with E-state index in [2.05, 4.69) is 0 Å². The summed E-state index contributed by atoms with van der Waals surface area (Å²) in [6, 6.07) is 13.2. The number of sulfonamides is 1. The molecule has 0 bridgehead atoms. The highest BCUT2D eigenvalue weighted by molar-refractivity contribution is 7.89. The Hall–Kier alpha value is -2.96. The average Bonchev–Trinajstić information content (AvgIpc) is 2.77. The first-order chi connectivity index (χ1) is 14.4. The van der Waals surface area contributed by atoms with Gasteiger partial charge in [-0.2, -0.15) is 9.57 Å². The van der Waals surface area contributed by atoms with Crippen LogP contribution in [0.5, 0.6) is 5.75 Å². The van der Waals surface area contributed by atoms with Crippen LogP contribution >= 0.6 is 0 Å². The molecule has 0 unspecified atom stereocenters. The molecule has 0 saturated carbocycles. The van der Waals surface area contributed by atoms with Crippen LogP contribution in [0.4, 0.5) is 4.39 Å². The second-order valence-corrected chi connectivity index (χ2v) is 8.75. The van der Waals surface area contributed by atoms with Crippen molar-refractivity contribution in [2.75, 3.05) is 26.3 Å². The molecule has 0 spiro atoms. The van der Waals surface area contributed by atoms with Gasteiger partial charge in [0.1, 0.15) is 24.8 Å². The third-order valence-corrected chi connectivity index (χ3v) is 6.63. The van der Waals surface area contributed by atoms with Crippen molar-refractivity contribution >= 4 is 16.0 Å². The Morgan fingerprint density at radius 2 is 1.83 bits per heavy atom. The van der Waals surface area contributed by atoms with Gasteiger partial charge in [-0.3, -0.25) is 4.79 Å². The van der Waals surface area contributed by atoms with E-state index >= 15 is 0 Å². The molecule has 1 heterocycles. The van der Waals surface area contributed by atoms with Crippen LogP contribution in [0.1, 0.15) is 18.4 Å². The summed E-state index contributed by atoms with van der Waals surface area (Å²) in [4.78, 5) is 12.4. The normalized spacial score (nSPS) is 17.1. The minimum atomic E-state index is -3.80. The number of benzene rings is 2. The van der Waals surface area contributed by atoms with Gasteiger partial charge in [0.05, 0.1) is 22.4 Å². The van der Waals surface area contributed by atoms with Gasteiger partial charge in [0.15, 0.2) is 0 Å². The molecule has 3 rings (SSSR count). The second kappa shape index (κ2) is 9.69. The number of ether oxygens (including phenoxy) is 2. The lowest BCUT2D eigenvalue weighted by atomic mass is 10.0.